The summed E-state index contributed by atoms with van der Waals surface area (Å²) in [5.74, 6) is 0.771. The Morgan fingerprint density at radius 3 is 2.76 bits per heavy atom. The van der Waals surface area contributed by atoms with E-state index >= 15 is 0 Å². The van der Waals surface area contributed by atoms with Crippen molar-refractivity contribution in [3.8, 4) is 0 Å². The van der Waals surface area contributed by atoms with E-state index in [-0.39, 0.29) is 5.91 Å². The van der Waals surface area contributed by atoms with E-state index in [1.54, 1.807) is 7.05 Å². The number of pyridine rings is 1. The van der Waals surface area contributed by atoms with Crippen LogP contribution in [0.25, 0.3) is 10.9 Å². The van der Waals surface area contributed by atoms with E-state index in [2.05, 4.69) is 58.3 Å². The highest BCUT2D eigenvalue weighted by atomic mass is 16.1. The van der Waals surface area contributed by atoms with E-state index in [1.165, 1.54) is 11.1 Å². The Labute approximate surface area is 150 Å². The van der Waals surface area contributed by atoms with Gasteiger partial charge in [-0.05, 0) is 50.9 Å². The topological polar surface area (TPSA) is 48.5 Å². The number of hydrogen-bond donors (Lipinski definition) is 1. The number of aromatic nitrogens is 1. The third-order valence-corrected chi connectivity index (χ3v) is 5.12. The number of piperidine rings is 1. The summed E-state index contributed by atoms with van der Waals surface area (Å²) in [6.07, 6.45) is 2.28. The number of amides is 1. The van der Waals surface area contributed by atoms with Crippen LogP contribution in [0.5, 0.6) is 0 Å². The van der Waals surface area contributed by atoms with Gasteiger partial charge in [0, 0.05) is 37.4 Å². The molecule has 3 rings (SSSR count). The normalized spacial score (nSPS) is 16.1. The quantitative estimate of drug-likeness (QED) is 0.908. The van der Waals surface area contributed by atoms with E-state index in [0.29, 0.717) is 12.5 Å². The van der Waals surface area contributed by atoms with Crippen LogP contribution in [0.3, 0.4) is 0 Å². The lowest BCUT2D eigenvalue weighted by Crippen LogP contribution is -2.42. The third-order valence-electron chi connectivity index (χ3n) is 5.12. The molecule has 1 amide bonds. The summed E-state index contributed by atoms with van der Waals surface area (Å²) in [6, 6.07) is 10.5. The highest BCUT2D eigenvalue weighted by Crippen LogP contribution is 2.28. The molecular weight excluding hydrogens is 312 g/mol. The van der Waals surface area contributed by atoms with Crippen LogP contribution in [0.1, 0.15) is 18.5 Å². The molecule has 5 nitrogen and oxygen atoms in total. The van der Waals surface area contributed by atoms with Crippen molar-refractivity contribution in [2.24, 2.45) is 5.92 Å². The molecule has 2 aromatic rings. The first-order valence-corrected chi connectivity index (χ1v) is 9.07. The fourth-order valence-corrected chi connectivity index (χ4v) is 3.70. The second-order valence-corrected chi connectivity index (χ2v) is 7.07. The minimum atomic E-state index is 0.106. The molecule has 134 valence electrons. The van der Waals surface area contributed by atoms with Crippen LogP contribution >= 0.6 is 0 Å². The predicted molar refractivity (Wildman–Crippen MR) is 103 cm³/mol. The maximum Gasteiger partial charge on any atom is 0.233 e. The molecule has 1 aromatic carbocycles. The minimum Gasteiger partial charge on any atom is -0.374 e. The molecule has 0 atom stereocenters. The minimum absolute atomic E-state index is 0.106. The molecule has 25 heavy (non-hydrogen) atoms. The molecule has 0 saturated carbocycles. The first-order chi connectivity index (χ1) is 12.1. The number of nitrogens with zero attached hydrogens (tertiary/aromatic N) is 3. The van der Waals surface area contributed by atoms with E-state index in [4.69, 9.17) is 0 Å². The molecule has 2 heterocycles. The number of likely N-dealkylation sites (N-methyl/N-ethyl adjacent to an activating group) is 1. The molecule has 1 aliphatic rings. The number of anilines is 1. The van der Waals surface area contributed by atoms with Gasteiger partial charge in [-0.15, -0.1) is 0 Å². The predicted octanol–water partition coefficient (Wildman–Crippen LogP) is 2.44. The van der Waals surface area contributed by atoms with Crippen LogP contribution in [0.2, 0.25) is 0 Å². The van der Waals surface area contributed by atoms with Crippen LogP contribution in [0, 0.1) is 12.8 Å². The number of likely N-dealkylation sites (tertiary alicyclic amines) is 1. The molecule has 1 aromatic heterocycles. The zero-order valence-corrected chi connectivity index (χ0v) is 15.5. The molecule has 0 unspecified atom stereocenters. The summed E-state index contributed by atoms with van der Waals surface area (Å²) in [6.45, 7) is 5.62. The van der Waals surface area contributed by atoms with Gasteiger partial charge < -0.3 is 10.2 Å². The van der Waals surface area contributed by atoms with Crippen molar-refractivity contribution in [3.05, 3.63) is 36.0 Å². The summed E-state index contributed by atoms with van der Waals surface area (Å²) < 4.78 is 0. The van der Waals surface area contributed by atoms with Crippen molar-refractivity contribution < 1.29 is 4.79 Å². The van der Waals surface area contributed by atoms with E-state index in [1.807, 2.05) is 6.07 Å². The lowest BCUT2D eigenvalue weighted by molar-refractivity contribution is -0.122. The highest BCUT2D eigenvalue weighted by Gasteiger charge is 2.22. The van der Waals surface area contributed by atoms with Gasteiger partial charge in [0.2, 0.25) is 5.91 Å². The van der Waals surface area contributed by atoms with Gasteiger partial charge in [0.1, 0.15) is 0 Å². The molecule has 0 aliphatic carbocycles. The standard InChI is InChI=1S/C20H28N4O/c1-15-12-19(17-6-4-5-7-18(17)22-15)23(3)13-16-8-10-24(11-9-16)14-20(25)21-2/h4-7,12,16H,8-11,13-14H2,1-3H3,(H,21,25). The van der Waals surface area contributed by atoms with Crippen molar-refractivity contribution in [2.45, 2.75) is 19.8 Å². The Kier molecular flexibility index (Phi) is 5.53. The summed E-state index contributed by atoms with van der Waals surface area (Å²) in [5.41, 5.74) is 3.38. The largest absolute Gasteiger partial charge is 0.374 e. The Hall–Kier alpha value is -2.14. The molecular formula is C20H28N4O. The van der Waals surface area contributed by atoms with Crippen molar-refractivity contribution in [1.82, 2.24) is 15.2 Å². The molecule has 0 bridgehead atoms. The molecule has 0 spiro atoms. The van der Waals surface area contributed by atoms with E-state index in [0.717, 1.165) is 43.7 Å². The fourth-order valence-electron chi connectivity index (χ4n) is 3.70. The van der Waals surface area contributed by atoms with Crippen molar-refractivity contribution in [2.75, 3.05) is 45.2 Å². The summed E-state index contributed by atoms with van der Waals surface area (Å²) in [7, 11) is 3.88. The van der Waals surface area contributed by atoms with Crippen molar-refractivity contribution >= 4 is 22.5 Å². The summed E-state index contributed by atoms with van der Waals surface area (Å²) >= 11 is 0. The second kappa shape index (κ2) is 7.83. The number of rotatable bonds is 5. The summed E-state index contributed by atoms with van der Waals surface area (Å²) in [5, 5.41) is 3.92. The van der Waals surface area contributed by atoms with Gasteiger partial charge in [-0.2, -0.15) is 0 Å². The van der Waals surface area contributed by atoms with Gasteiger partial charge in [0.05, 0.1) is 12.1 Å². The Morgan fingerprint density at radius 2 is 2.04 bits per heavy atom. The van der Waals surface area contributed by atoms with Crippen molar-refractivity contribution in [3.63, 3.8) is 0 Å². The van der Waals surface area contributed by atoms with Crippen molar-refractivity contribution in [1.29, 1.82) is 0 Å². The number of para-hydroxylation sites is 1. The Morgan fingerprint density at radius 1 is 1.32 bits per heavy atom. The number of carbonyl (C=O) groups excluding carboxylic acids is 1. The number of aryl methyl sites for hydroxylation is 1. The third kappa shape index (κ3) is 4.28. The fraction of sp³-hybridized carbons (Fsp3) is 0.500. The second-order valence-electron chi connectivity index (χ2n) is 7.07. The van der Waals surface area contributed by atoms with Crippen LogP contribution in [-0.2, 0) is 4.79 Å². The number of benzene rings is 1. The zero-order valence-electron chi connectivity index (χ0n) is 15.5. The van der Waals surface area contributed by atoms with Gasteiger partial charge in [0.15, 0.2) is 0 Å². The molecule has 1 saturated heterocycles. The number of carbonyl (C=O) groups is 1. The van der Waals surface area contributed by atoms with E-state index < -0.39 is 0 Å². The molecule has 5 heteroatoms. The number of hydrogen-bond acceptors (Lipinski definition) is 4. The molecule has 0 radical (unpaired) electrons. The molecule has 1 aliphatic heterocycles. The monoisotopic (exact) mass is 340 g/mol. The van der Waals surface area contributed by atoms with Gasteiger partial charge in [-0.1, -0.05) is 18.2 Å². The van der Waals surface area contributed by atoms with Gasteiger partial charge in [-0.3, -0.25) is 14.7 Å². The smallest absolute Gasteiger partial charge is 0.233 e. The van der Waals surface area contributed by atoms with Crippen LogP contribution in [0.15, 0.2) is 30.3 Å². The van der Waals surface area contributed by atoms with E-state index in [9.17, 15) is 4.79 Å². The maximum atomic E-state index is 11.5. The van der Waals surface area contributed by atoms with Crippen LogP contribution in [0.4, 0.5) is 5.69 Å². The van der Waals surface area contributed by atoms with Gasteiger partial charge in [-0.25, -0.2) is 0 Å². The molecule has 1 fully saturated rings. The summed E-state index contributed by atoms with van der Waals surface area (Å²) in [4.78, 5) is 20.8. The molecule has 1 N–H and O–H groups in total. The SMILES string of the molecule is CNC(=O)CN1CCC(CN(C)c2cc(C)nc3ccccc23)CC1. The Balaban J connectivity index is 1.64. The zero-order chi connectivity index (χ0) is 17.8. The average Bonchev–Trinajstić information content (AvgIpc) is 2.62. The Bertz CT molecular complexity index is 738. The number of fused-ring (bicyclic) bond motifs is 1. The first-order valence-electron chi connectivity index (χ1n) is 9.07. The maximum absolute atomic E-state index is 11.5. The van der Waals surface area contributed by atoms with Gasteiger partial charge in [0.25, 0.3) is 0 Å². The highest BCUT2D eigenvalue weighted by molar-refractivity contribution is 5.91. The average molecular weight is 340 g/mol. The number of nitrogens with one attached hydrogen (secondary N) is 1. The lowest BCUT2D eigenvalue weighted by Gasteiger charge is -2.34. The van der Waals surface area contributed by atoms with Gasteiger partial charge >= 0.3 is 0 Å². The lowest BCUT2D eigenvalue weighted by atomic mass is 9.96. The first kappa shape index (κ1) is 17.7. The van der Waals surface area contributed by atoms with Crippen LogP contribution < -0.4 is 10.2 Å². The van der Waals surface area contributed by atoms with Crippen LogP contribution in [-0.4, -0.2) is 56.1 Å².